The van der Waals surface area contributed by atoms with Gasteiger partial charge in [0, 0.05) is 11.4 Å². The summed E-state index contributed by atoms with van der Waals surface area (Å²) in [7, 11) is 0. The van der Waals surface area contributed by atoms with Crippen molar-refractivity contribution < 1.29 is 4.79 Å². The Morgan fingerprint density at radius 1 is 0.812 bits per heavy atom. The minimum atomic E-state index is 0.369. The van der Waals surface area contributed by atoms with Crippen molar-refractivity contribution in [2.75, 3.05) is 11.4 Å². The number of carbonyl (C=O) groups is 1. The molecule has 0 aliphatic carbocycles. The largest absolute Gasteiger partial charge is 0.334 e. The molecule has 0 atom stereocenters. The topological polar surface area (TPSA) is 20.3 Å². The van der Waals surface area contributed by atoms with E-state index in [1.807, 2.05) is 65.6 Å². The molecule has 0 saturated heterocycles. The number of hydrogen-bond acceptors (Lipinski definition) is 2. The fraction of sp³-hybridized carbons (Fsp3) is 0.0714. The molecule has 0 radical (unpaired) electrons. The van der Waals surface area contributed by atoms with E-state index < -0.39 is 0 Å². The van der Waals surface area contributed by atoms with Crippen LogP contribution in [0, 0.1) is 0 Å². The molecular formula is C14H13NO. The summed E-state index contributed by atoms with van der Waals surface area (Å²) in [6.07, 6.45) is 0.917. The molecule has 2 rings (SSSR count). The summed E-state index contributed by atoms with van der Waals surface area (Å²) in [5, 5.41) is 0. The molecule has 0 bridgehead atoms. The molecule has 16 heavy (non-hydrogen) atoms. The lowest BCUT2D eigenvalue weighted by Crippen LogP contribution is -2.18. The highest BCUT2D eigenvalue weighted by Crippen LogP contribution is 2.23. The van der Waals surface area contributed by atoms with Crippen LogP contribution in [0.1, 0.15) is 0 Å². The Labute approximate surface area is 95.1 Å². The smallest absolute Gasteiger partial charge is 0.139 e. The van der Waals surface area contributed by atoms with Crippen molar-refractivity contribution in [3.63, 3.8) is 0 Å². The van der Waals surface area contributed by atoms with E-state index in [0.717, 1.165) is 17.7 Å². The normalized spacial score (nSPS) is 9.75. The molecule has 2 heteroatoms. The molecule has 0 unspecified atom stereocenters. The van der Waals surface area contributed by atoms with E-state index in [2.05, 4.69) is 0 Å². The van der Waals surface area contributed by atoms with E-state index >= 15 is 0 Å². The predicted molar refractivity (Wildman–Crippen MR) is 66.0 cm³/mol. The lowest BCUT2D eigenvalue weighted by atomic mass is 10.2. The Balaban J connectivity index is 2.35. The van der Waals surface area contributed by atoms with Gasteiger partial charge in [-0.3, -0.25) is 0 Å². The number of benzene rings is 2. The molecule has 0 spiro atoms. The van der Waals surface area contributed by atoms with E-state index in [0.29, 0.717) is 6.54 Å². The van der Waals surface area contributed by atoms with Gasteiger partial charge in [-0.1, -0.05) is 36.4 Å². The molecule has 2 aromatic carbocycles. The maximum atomic E-state index is 10.7. The van der Waals surface area contributed by atoms with Crippen molar-refractivity contribution in [1.29, 1.82) is 0 Å². The Morgan fingerprint density at radius 3 is 1.62 bits per heavy atom. The Hall–Kier alpha value is -2.09. The van der Waals surface area contributed by atoms with Crippen molar-refractivity contribution >= 4 is 17.7 Å². The third-order valence-electron chi connectivity index (χ3n) is 2.39. The highest BCUT2D eigenvalue weighted by atomic mass is 16.1. The standard InChI is InChI=1S/C14H13NO/c16-12-11-15(13-7-3-1-4-8-13)14-9-5-2-6-10-14/h1-10,12H,11H2. The van der Waals surface area contributed by atoms with Crippen molar-refractivity contribution in [1.82, 2.24) is 0 Å². The van der Waals surface area contributed by atoms with Crippen LogP contribution < -0.4 is 4.90 Å². The fourth-order valence-corrected chi connectivity index (χ4v) is 1.65. The van der Waals surface area contributed by atoms with E-state index in [4.69, 9.17) is 0 Å². The van der Waals surface area contributed by atoms with Gasteiger partial charge in [0.15, 0.2) is 0 Å². The summed E-state index contributed by atoms with van der Waals surface area (Å²) in [6, 6.07) is 19.8. The van der Waals surface area contributed by atoms with Crippen molar-refractivity contribution in [3.05, 3.63) is 60.7 Å². The molecule has 0 saturated carbocycles. The second-order valence-corrected chi connectivity index (χ2v) is 3.45. The van der Waals surface area contributed by atoms with Crippen LogP contribution >= 0.6 is 0 Å². The Bertz CT molecular complexity index is 399. The van der Waals surface area contributed by atoms with Gasteiger partial charge in [0.1, 0.15) is 6.29 Å². The van der Waals surface area contributed by atoms with Crippen molar-refractivity contribution in [2.24, 2.45) is 0 Å². The summed E-state index contributed by atoms with van der Waals surface area (Å²) >= 11 is 0. The van der Waals surface area contributed by atoms with Crippen LogP contribution in [-0.4, -0.2) is 12.8 Å². The third kappa shape index (κ3) is 2.28. The van der Waals surface area contributed by atoms with Gasteiger partial charge in [0.25, 0.3) is 0 Å². The molecular weight excluding hydrogens is 198 g/mol. The van der Waals surface area contributed by atoms with Crippen LogP contribution in [0.5, 0.6) is 0 Å². The zero-order valence-corrected chi connectivity index (χ0v) is 8.91. The minimum Gasteiger partial charge on any atom is -0.334 e. The van der Waals surface area contributed by atoms with E-state index in [1.165, 1.54) is 0 Å². The molecule has 0 aliphatic heterocycles. The van der Waals surface area contributed by atoms with Gasteiger partial charge < -0.3 is 9.69 Å². The molecule has 0 heterocycles. The fourth-order valence-electron chi connectivity index (χ4n) is 1.65. The Morgan fingerprint density at radius 2 is 1.25 bits per heavy atom. The molecule has 2 aromatic rings. The second-order valence-electron chi connectivity index (χ2n) is 3.45. The van der Waals surface area contributed by atoms with Crippen LogP contribution in [0.25, 0.3) is 0 Å². The molecule has 0 aromatic heterocycles. The van der Waals surface area contributed by atoms with Crippen LogP contribution in [0.2, 0.25) is 0 Å². The summed E-state index contributed by atoms with van der Waals surface area (Å²) in [4.78, 5) is 12.7. The predicted octanol–water partition coefficient (Wildman–Crippen LogP) is 3.02. The summed E-state index contributed by atoms with van der Waals surface area (Å²) in [5.74, 6) is 0. The summed E-state index contributed by atoms with van der Waals surface area (Å²) in [6.45, 7) is 0.369. The highest BCUT2D eigenvalue weighted by molar-refractivity contribution is 5.70. The average molecular weight is 211 g/mol. The van der Waals surface area contributed by atoms with Crippen LogP contribution in [0.4, 0.5) is 11.4 Å². The second kappa shape index (κ2) is 5.12. The van der Waals surface area contributed by atoms with Crippen LogP contribution in [0.15, 0.2) is 60.7 Å². The monoisotopic (exact) mass is 211 g/mol. The number of anilines is 2. The quantitative estimate of drug-likeness (QED) is 0.724. The SMILES string of the molecule is O=CCN(c1ccccc1)c1ccccc1. The zero-order chi connectivity index (χ0) is 11.2. The van der Waals surface area contributed by atoms with Crippen LogP contribution in [0.3, 0.4) is 0 Å². The van der Waals surface area contributed by atoms with Gasteiger partial charge in [-0.2, -0.15) is 0 Å². The highest BCUT2D eigenvalue weighted by Gasteiger charge is 2.06. The first-order valence-electron chi connectivity index (χ1n) is 5.23. The van der Waals surface area contributed by atoms with E-state index in [-0.39, 0.29) is 0 Å². The molecule has 0 fully saturated rings. The lowest BCUT2D eigenvalue weighted by molar-refractivity contribution is -0.106. The average Bonchev–Trinajstić information content (AvgIpc) is 2.38. The van der Waals surface area contributed by atoms with Gasteiger partial charge in [-0.05, 0) is 24.3 Å². The number of aldehydes is 1. The van der Waals surface area contributed by atoms with E-state index in [1.54, 1.807) is 0 Å². The number of nitrogens with zero attached hydrogens (tertiary/aromatic N) is 1. The maximum Gasteiger partial charge on any atom is 0.139 e. The number of rotatable bonds is 4. The summed E-state index contributed by atoms with van der Waals surface area (Å²) < 4.78 is 0. The number of para-hydroxylation sites is 2. The summed E-state index contributed by atoms with van der Waals surface area (Å²) in [5.41, 5.74) is 2.06. The Kier molecular flexibility index (Phi) is 3.34. The number of carbonyl (C=O) groups excluding carboxylic acids is 1. The van der Waals surface area contributed by atoms with E-state index in [9.17, 15) is 4.79 Å². The van der Waals surface area contributed by atoms with Gasteiger partial charge >= 0.3 is 0 Å². The first-order chi connectivity index (χ1) is 7.92. The van der Waals surface area contributed by atoms with Crippen molar-refractivity contribution in [2.45, 2.75) is 0 Å². The van der Waals surface area contributed by atoms with Gasteiger partial charge in [-0.15, -0.1) is 0 Å². The van der Waals surface area contributed by atoms with Gasteiger partial charge in [-0.25, -0.2) is 0 Å². The first kappa shape index (κ1) is 10.4. The molecule has 2 nitrogen and oxygen atoms in total. The molecule has 0 aliphatic rings. The molecule has 80 valence electrons. The lowest BCUT2D eigenvalue weighted by Gasteiger charge is -2.22. The van der Waals surface area contributed by atoms with Gasteiger partial charge in [0.2, 0.25) is 0 Å². The maximum absolute atomic E-state index is 10.7. The zero-order valence-electron chi connectivity index (χ0n) is 8.91. The first-order valence-corrected chi connectivity index (χ1v) is 5.23. The van der Waals surface area contributed by atoms with Gasteiger partial charge in [0.05, 0.1) is 6.54 Å². The minimum absolute atomic E-state index is 0.369. The third-order valence-corrected chi connectivity index (χ3v) is 2.39. The molecule has 0 N–H and O–H groups in total. The molecule has 0 amide bonds. The van der Waals surface area contributed by atoms with Crippen LogP contribution in [-0.2, 0) is 4.79 Å². The van der Waals surface area contributed by atoms with Crippen molar-refractivity contribution in [3.8, 4) is 0 Å². The number of hydrogen-bond donors (Lipinski definition) is 0.